The van der Waals surface area contributed by atoms with Gasteiger partial charge in [-0.05, 0) is 42.5 Å². The molecule has 0 radical (unpaired) electrons. The first-order valence-corrected chi connectivity index (χ1v) is 10.5. The van der Waals surface area contributed by atoms with E-state index >= 15 is 0 Å². The normalized spacial score (nSPS) is 10.8. The molecule has 0 bridgehead atoms. The van der Waals surface area contributed by atoms with E-state index in [1.807, 2.05) is 0 Å². The van der Waals surface area contributed by atoms with Gasteiger partial charge in [0.1, 0.15) is 22.6 Å². The summed E-state index contributed by atoms with van der Waals surface area (Å²) in [6, 6.07) is 13.3. The Morgan fingerprint density at radius 1 is 0.657 bits per heavy atom. The van der Waals surface area contributed by atoms with Crippen molar-refractivity contribution in [1.82, 2.24) is 4.40 Å². The second kappa shape index (κ2) is 9.38. The molecule has 2 aromatic heterocycles. The van der Waals surface area contributed by atoms with Crippen LogP contribution in [-0.4, -0.2) is 57.7 Å². The molecule has 2 heterocycles. The van der Waals surface area contributed by atoms with Crippen LogP contribution in [0.3, 0.4) is 0 Å². The van der Waals surface area contributed by atoms with E-state index in [0.717, 1.165) is 5.39 Å². The molecule has 0 atom stereocenters. The Morgan fingerprint density at radius 3 is 1.94 bits per heavy atom. The number of carbonyl (C=O) groups is 3. The number of methoxy groups -OCH3 is 5. The molecule has 0 spiro atoms. The first-order valence-electron chi connectivity index (χ1n) is 10.5. The number of benzene rings is 2. The van der Waals surface area contributed by atoms with E-state index in [0.29, 0.717) is 28.3 Å². The summed E-state index contributed by atoms with van der Waals surface area (Å²) in [5, 5.41) is 0.723. The minimum Gasteiger partial charge on any atom is -0.497 e. The molecule has 4 rings (SSSR count). The Balaban J connectivity index is 2.14. The highest BCUT2D eigenvalue weighted by molar-refractivity contribution is 6.20. The molecule has 0 amide bonds. The highest BCUT2D eigenvalue weighted by atomic mass is 16.5. The van der Waals surface area contributed by atoms with Crippen molar-refractivity contribution in [1.29, 1.82) is 0 Å². The number of ketones is 1. The first kappa shape index (κ1) is 23.6. The van der Waals surface area contributed by atoms with Gasteiger partial charge < -0.3 is 28.1 Å². The third kappa shape index (κ3) is 3.80. The van der Waals surface area contributed by atoms with Crippen LogP contribution in [0.25, 0.3) is 16.4 Å². The van der Waals surface area contributed by atoms with E-state index in [1.54, 1.807) is 54.0 Å². The zero-order chi connectivity index (χ0) is 25.3. The second-order valence-corrected chi connectivity index (χ2v) is 7.46. The molecule has 0 N–H and O–H groups in total. The van der Waals surface area contributed by atoms with Gasteiger partial charge in [0.2, 0.25) is 5.78 Å². The average Bonchev–Trinajstić information content (AvgIpc) is 3.26. The number of pyridine rings is 1. The number of aromatic nitrogens is 1. The quantitative estimate of drug-likeness (QED) is 0.292. The Kier molecular flexibility index (Phi) is 6.33. The summed E-state index contributed by atoms with van der Waals surface area (Å²) in [6.07, 6.45) is 0. The van der Waals surface area contributed by atoms with Crippen molar-refractivity contribution in [3.8, 4) is 17.2 Å². The molecular weight excluding hydrogens is 454 g/mol. The smallest absolute Gasteiger partial charge is 0.341 e. The zero-order valence-corrected chi connectivity index (χ0v) is 19.8. The van der Waals surface area contributed by atoms with Gasteiger partial charge in [0, 0.05) is 10.9 Å². The average molecular weight is 477 g/mol. The molecule has 35 heavy (non-hydrogen) atoms. The fourth-order valence-corrected chi connectivity index (χ4v) is 4.10. The lowest BCUT2D eigenvalue weighted by atomic mass is 10.0. The maximum Gasteiger partial charge on any atom is 0.341 e. The highest BCUT2D eigenvalue weighted by Crippen LogP contribution is 2.34. The van der Waals surface area contributed by atoms with E-state index in [-0.39, 0.29) is 22.4 Å². The van der Waals surface area contributed by atoms with Crippen LogP contribution >= 0.6 is 0 Å². The number of fused-ring (bicyclic) bond motifs is 3. The molecule has 0 aliphatic carbocycles. The van der Waals surface area contributed by atoms with Gasteiger partial charge in [-0.25, -0.2) is 9.59 Å². The zero-order valence-electron chi connectivity index (χ0n) is 19.8. The number of hydrogen-bond acceptors (Lipinski definition) is 8. The van der Waals surface area contributed by atoms with Gasteiger partial charge in [-0.1, -0.05) is 6.07 Å². The third-order valence-corrected chi connectivity index (χ3v) is 5.74. The number of rotatable bonds is 7. The molecule has 9 nitrogen and oxygen atoms in total. The standard InChI is InChI=1S/C26H23NO8/c1-31-16-8-10-17-14(12-16)6-9-18-21(25(29)34-4)22(26(30)35-5)23(27(17)18)24(28)15-7-11-19(32-2)20(13-15)33-3/h6-13H,1-5H3. The number of nitrogens with zero attached hydrogens (tertiary/aromatic N) is 1. The van der Waals surface area contributed by atoms with Crippen molar-refractivity contribution >= 4 is 34.1 Å². The van der Waals surface area contributed by atoms with Crippen molar-refractivity contribution in [2.45, 2.75) is 0 Å². The van der Waals surface area contributed by atoms with Crippen LogP contribution in [0.4, 0.5) is 0 Å². The summed E-state index contributed by atoms with van der Waals surface area (Å²) in [6.45, 7) is 0. The van der Waals surface area contributed by atoms with E-state index in [9.17, 15) is 14.4 Å². The molecule has 0 saturated heterocycles. The molecule has 0 saturated carbocycles. The summed E-state index contributed by atoms with van der Waals surface area (Å²) >= 11 is 0. The van der Waals surface area contributed by atoms with Gasteiger partial charge in [0.25, 0.3) is 0 Å². The fourth-order valence-electron chi connectivity index (χ4n) is 4.10. The van der Waals surface area contributed by atoms with Crippen molar-refractivity contribution in [2.24, 2.45) is 0 Å². The summed E-state index contributed by atoms with van der Waals surface area (Å²) in [7, 11) is 6.87. The topological polar surface area (TPSA) is 102 Å². The van der Waals surface area contributed by atoms with Crippen molar-refractivity contribution < 1.29 is 38.1 Å². The monoisotopic (exact) mass is 477 g/mol. The molecule has 2 aromatic carbocycles. The van der Waals surface area contributed by atoms with E-state index in [4.69, 9.17) is 23.7 Å². The van der Waals surface area contributed by atoms with Crippen LogP contribution < -0.4 is 14.2 Å². The Bertz CT molecular complexity index is 1480. The van der Waals surface area contributed by atoms with Crippen LogP contribution in [0.15, 0.2) is 48.5 Å². The van der Waals surface area contributed by atoms with Gasteiger partial charge in [-0.3, -0.25) is 4.79 Å². The lowest BCUT2D eigenvalue weighted by Gasteiger charge is -2.12. The predicted octanol–water partition coefficient (Wildman–Crippen LogP) is 3.92. The second-order valence-electron chi connectivity index (χ2n) is 7.46. The Labute approximate surface area is 200 Å². The van der Waals surface area contributed by atoms with Crippen LogP contribution in [0.1, 0.15) is 36.8 Å². The summed E-state index contributed by atoms with van der Waals surface area (Å²) < 4.78 is 27.4. The summed E-state index contributed by atoms with van der Waals surface area (Å²) in [5.41, 5.74) is 0.805. The van der Waals surface area contributed by atoms with Crippen LogP contribution in [0.2, 0.25) is 0 Å². The molecule has 9 heteroatoms. The molecule has 4 aromatic rings. The van der Waals surface area contributed by atoms with E-state index in [1.165, 1.54) is 34.5 Å². The molecular formula is C26H23NO8. The van der Waals surface area contributed by atoms with Crippen molar-refractivity contribution in [3.05, 3.63) is 70.9 Å². The van der Waals surface area contributed by atoms with E-state index in [2.05, 4.69) is 0 Å². The summed E-state index contributed by atoms with van der Waals surface area (Å²) in [5.74, 6) is -0.772. The van der Waals surface area contributed by atoms with Crippen LogP contribution in [-0.2, 0) is 9.47 Å². The lowest BCUT2D eigenvalue weighted by molar-refractivity contribution is 0.0556. The van der Waals surface area contributed by atoms with Crippen LogP contribution in [0, 0.1) is 0 Å². The number of ether oxygens (including phenoxy) is 5. The number of esters is 2. The van der Waals surface area contributed by atoms with Gasteiger partial charge in [0.15, 0.2) is 11.5 Å². The van der Waals surface area contributed by atoms with Crippen molar-refractivity contribution in [2.75, 3.05) is 35.5 Å². The minimum absolute atomic E-state index is 0.0461. The van der Waals surface area contributed by atoms with Gasteiger partial charge >= 0.3 is 11.9 Å². The number of carbonyl (C=O) groups excluding carboxylic acids is 3. The maximum absolute atomic E-state index is 14.0. The van der Waals surface area contributed by atoms with Crippen LogP contribution in [0.5, 0.6) is 17.2 Å². The Hall–Kier alpha value is -4.53. The van der Waals surface area contributed by atoms with Gasteiger partial charge in [0.05, 0.1) is 46.6 Å². The predicted molar refractivity (Wildman–Crippen MR) is 127 cm³/mol. The Morgan fingerprint density at radius 2 is 1.31 bits per heavy atom. The first-order chi connectivity index (χ1) is 16.9. The summed E-state index contributed by atoms with van der Waals surface area (Å²) in [4.78, 5) is 39.8. The van der Waals surface area contributed by atoms with E-state index < -0.39 is 17.7 Å². The SMILES string of the molecule is COC(=O)c1c(C(=O)OC)c2ccc3cc(OC)ccc3n2c1C(=O)c1ccc(OC)c(OC)c1. The third-order valence-electron chi connectivity index (χ3n) is 5.74. The van der Waals surface area contributed by atoms with Gasteiger partial charge in [-0.2, -0.15) is 0 Å². The highest BCUT2D eigenvalue weighted by Gasteiger charge is 2.34. The molecule has 0 aliphatic heterocycles. The van der Waals surface area contributed by atoms with Crippen molar-refractivity contribution in [3.63, 3.8) is 0 Å². The fraction of sp³-hybridized carbons (Fsp3) is 0.192. The minimum atomic E-state index is -0.848. The van der Waals surface area contributed by atoms with Gasteiger partial charge in [-0.15, -0.1) is 0 Å². The maximum atomic E-state index is 14.0. The molecule has 0 unspecified atom stereocenters. The largest absolute Gasteiger partial charge is 0.497 e. The molecule has 0 fully saturated rings. The number of hydrogen-bond donors (Lipinski definition) is 0. The molecule has 180 valence electrons. The molecule has 0 aliphatic rings. The lowest BCUT2D eigenvalue weighted by Crippen LogP contribution is -2.15.